The van der Waals surface area contributed by atoms with Gasteiger partial charge in [0, 0.05) is 12.6 Å². The van der Waals surface area contributed by atoms with Crippen LogP contribution in [0.4, 0.5) is 0 Å². The first-order valence-electron chi connectivity index (χ1n) is 5.23. The molecule has 0 aromatic heterocycles. The van der Waals surface area contributed by atoms with Crippen molar-refractivity contribution >= 4 is 5.97 Å². The predicted molar refractivity (Wildman–Crippen MR) is 52.9 cm³/mol. The van der Waals surface area contributed by atoms with E-state index in [9.17, 15) is 4.79 Å². The highest BCUT2D eigenvalue weighted by molar-refractivity contribution is 5.73. The van der Waals surface area contributed by atoms with Crippen LogP contribution in [-0.2, 0) is 9.53 Å². The zero-order chi connectivity index (χ0) is 10.1. The molecule has 1 N–H and O–H groups in total. The molecule has 3 atom stereocenters. The van der Waals surface area contributed by atoms with Crippen molar-refractivity contribution in [2.45, 2.75) is 12.5 Å². The number of methoxy groups -OCH3 is 1. The smallest absolute Gasteiger partial charge is 0.311 e. The summed E-state index contributed by atoms with van der Waals surface area (Å²) in [6, 6.07) is 0.392. The molecule has 2 aliphatic rings. The lowest BCUT2D eigenvalue weighted by molar-refractivity contribution is -0.148. The van der Waals surface area contributed by atoms with Gasteiger partial charge < -0.3 is 15.0 Å². The van der Waals surface area contributed by atoms with Gasteiger partial charge in [-0.05, 0) is 32.5 Å². The highest BCUT2D eigenvalue weighted by atomic mass is 16.5. The lowest BCUT2D eigenvalue weighted by Crippen LogP contribution is -2.52. The van der Waals surface area contributed by atoms with Crippen LogP contribution in [0.15, 0.2) is 0 Å². The number of rotatable bonds is 1. The SMILES string of the molecule is COC(=O)C1CNCC2CCN(C)C21. The average Bonchev–Trinajstić information content (AvgIpc) is 2.59. The molecule has 0 aromatic carbocycles. The Bertz CT molecular complexity index is 230. The van der Waals surface area contributed by atoms with Crippen molar-refractivity contribution < 1.29 is 9.53 Å². The van der Waals surface area contributed by atoms with Gasteiger partial charge in [0.15, 0.2) is 0 Å². The van der Waals surface area contributed by atoms with Gasteiger partial charge in [0.05, 0.1) is 13.0 Å². The van der Waals surface area contributed by atoms with Crippen LogP contribution in [0.25, 0.3) is 0 Å². The number of hydrogen-bond acceptors (Lipinski definition) is 4. The summed E-state index contributed by atoms with van der Waals surface area (Å²) in [6.07, 6.45) is 1.20. The first kappa shape index (κ1) is 9.93. The summed E-state index contributed by atoms with van der Waals surface area (Å²) in [7, 11) is 3.58. The maximum absolute atomic E-state index is 11.6. The molecule has 0 amide bonds. The van der Waals surface area contributed by atoms with Gasteiger partial charge in [0.25, 0.3) is 0 Å². The van der Waals surface area contributed by atoms with Gasteiger partial charge in [0.1, 0.15) is 0 Å². The van der Waals surface area contributed by atoms with E-state index >= 15 is 0 Å². The summed E-state index contributed by atoms with van der Waals surface area (Å²) in [5, 5.41) is 3.31. The predicted octanol–water partition coefficient (Wildman–Crippen LogP) is -0.301. The summed E-state index contributed by atoms with van der Waals surface area (Å²) < 4.78 is 4.84. The molecular formula is C10H18N2O2. The Morgan fingerprint density at radius 1 is 1.50 bits per heavy atom. The molecule has 0 spiro atoms. The Balaban J connectivity index is 2.12. The number of nitrogens with one attached hydrogen (secondary N) is 1. The molecule has 0 aliphatic carbocycles. The molecule has 14 heavy (non-hydrogen) atoms. The van der Waals surface area contributed by atoms with Crippen LogP contribution in [0.1, 0.15) is 6.42 Å². The number of fused-ring (bicyclic) bond motifs is 1. The summed E-state index contributed by atoms with van der Waals surface area (Å²) in [5.41, 5.74) is 0. The molecule has 2 heterocycles. The maximum atomic E-state index is 11.6. The zero-order valence-electron chi connectivity index (χ0n) is 8.82. The minimum atomic E-state index is -0.0686. The number of nitrogens with zero attached hydrogens (tertiary/aromatic N) is 1. The van der Waals surface area contributed by atoms with Gasteiger partial charge in [-0.1, -0.05) is 0 Å². The van der Waals surface area contributed by atoms with Gasteiger partial charge in [-0.15, -0.1) is 0 Å². The summed E-state index contributed by atoms with van der Waals surface area (Å²) >= 11 is 0. The van der Waals surface area contributed by atoms with Gasteiger partial charge in [-0.25, -0.2) is 0 Å². The first-order valence-corrected chi connectivity index (χ1v) is 5.23. The second kappa shape index (κ2) is 3.87. The van der Waals surface area contributed by atoms with Gasteiger partial charge in [-0.3, -0.25) is 4.79 Å². The quantitative estimate of drug-likeness (QED) is 0.587. The molecule has 2 saturated heterocycles. The highest BCUT2D eigenvalue weighted by Crippen LogP contribution is 2.31. The third-order valence-electron chi connectivity index (χ3n) is 3.53. The molecule has 0 radical (unpaired) electrons. The van der Waals surface area contributed by atoms with Gasteiger partial charge in [-0.2, -0.15) is 0 Å². The number of esters is 1. The Morgan fingerprint density at radius 2 is 2.29 bits per heavy atom. The van der Waals surface area contributed by atoms with Crippen molar-refractivity contribution in [2.75, 3.05) is 33.8 Å². The second-order valence-corrected chi connectivity index (χ2v) is 4.31. The molecule has 3 unspecified atom stereocenters. The summed E-state index contributed by atoms with van der Waals surface area (Å²) in [6.45, 7) is 2.91. The van der Waals surface area contributed by atoms with E-state index in [1.165, 1.54) is 13.5 Å². The van der Waals surface area contributed by atoms with E-state index in [4.69, 9.17) is 4.74 Å². The first-order chi connectivity index (χ1) is 6.74. The zero-order valence-corrected chi connectivity index (χ0v) is 8.82. The Hall–Kier alpha value is -0.610. The Morgan fingerprint density at radius 3 is 3.00 bits per heavy atom. The van der Waals surface area contributed by atoms with Crippen molar-refractivity contribution in [3.05, 3.63) is 0 Å². The van der Waals surface area contributed by atoms with E-state index in [0.29, 0.717) is 12.0 Å². The number of carbonyl (C=O) groups is 1. The molecule has 0 bridgehead atoms. The lowest BCUT2D eigenvalue weighted by Gasteiger charge is -2.35. The second-order valence-electron chi connectivity index (χ2n) is 4.31. The van der Waals surface area contributed by atoms with Crippen molar-refractivity contribution in [3.8, 4) is 0 Å². The maximum Gasteiger partial charge on any atom is 0.311 e. The average molecular weight is 198 g/mol. The highest BCUT2D eigenvalue weighted by Gasteiger charge is 2.43. The number of likely N-dealkylation sites (tertiary alicyclic amines) is 1. The van der Waals surface area contributed by atoms with Crippen LogP contribution in [0.3, 0.4) is 0 Å². The molecule has 4 heteroatoms. The number of ether oxygens (including phenoxy) is 1. The fraction of sp³-hybridized carbons (Fsp3) is 0.900. The monoisotopic (exact) mass is 198 g/mol. The molecule has 2 aliphatic heterocycles. The largest absolute Gasteiger partial charge is 0.469 e. The number of hydrogen-bond donors (Lipinski definition) is 1. The van der Waals surface area contributed by atoms with Crippen molar-refractivity contribution in [2.24, 2.45) is 11.8 Å². The van der Waals surface area contributed by atoms with E-state index < -0.39 is 0 Å². The van der Waals surface area contributed by atoms with Crippen LogP contribution in [0, 0.1) is 11.8 Å². The molecular weight excluding hydrogens is 180 g/mol. The number of carbonyl (C=O) groups excluding carboxylic acids is 1. The molecule has 4 nitrogen and oxygen atoms in total. The third kappa shape index (κ3) is 1.53. The lowest BCUT2D eigenvalue weighted by atomic mass is 9.85. The van der Waals surface area contributed by atoms with Gasteiger partial charge >= 0.3 is 5.97 Å². The van der Waals surface area contributed by atoms with Crippen LogP contribution in [0.2, 0.25) is 0 Å². The van der Waals surface area contributed by atoms with E-state index in [0.717, 1.165) is 19.6 Å². The summed E-state index contributed by atoms with van der Waals surface area (Å²) in [5.74, 6) is 0.574. The molecule has 0 aromatic rings. The van der Waals surface area contributed by atoms with Crippen molar-refractivity contribution in [1.29, 1.82) is 0 Å². The fourth-order valence-electron chi connectivity index (χ4n) is 2.83. The van der Waals surface area contributed by atoms with Crippen LogP contribution >= 0.6 is 0 Å². The third-order valence-corrected chi connectivity index (χ3v) is 3.53. The minimum Gasteiger partial charge on any atom is -0.469 e. The molecule has 2 rings (SSSR count). The van der Waals surface area contributed by atoms with Crippen molar-refractivity contribution in [3.63, 3.8) is 0 Å². The van der Waals surface area contributed by atoms with E-state index in [2.05, 4.69) is 17.3 Å². The fourth-order valence-corrected chi connectivity index (χ4v) is 2.83. The molecule has 0 saturated carbocycles. The Kier molecular flexibility index (Phi) is 2.74. The summed E-state index contributed by atoms with van der Waals surface area (Å²) in [4.78, 5) is 13.9. The number of piperidine rings is 1. The van der Waals surface area contributed by atoms with Crippen LogP contribution in [0.5, 0.6) is 0 Å². The van der Waals surface area contributed by atoms with Gasteiger partial charge in [0.2, 0.25) is 0 Å². The van der Waals surface area contributed by atoms with Crippen molar-refractivity contribution in [1.82, 2.24) is 10.2 Å². The van der Waals surface area contributed by atoms with E-state index in [-0.39, 0.29) is 11.9 Å². The molecule has 80 valence electrons. The molecule has 2 fully saturated rings. The van der Waals surface area contributed by atoms with E-state index in [1.54, 1.807) is 0 Å². The normalized spacial score (nSPS) is 38.0. The van der Waals surface area contributed by atoms with E-state index in [1.807, 2.05) is 0 Å². The minimum absolute atomic E-state index is 0.0197. The topological polar surface area (TPSA) is 41.6 Å². The Labute approximate surface area is 84.6 Å². The standard InChI is InChI=1S/C10H18N2O2/c1-12-4-3-7-5-11-6-8(9(7)12)10(13)14-2/h7-9,11H,3-6H2,1-2H3. The van der Waals surface area contributed by atoms with Crippen LogP contribution < -0.4 is 5.32 Å². The van der Waals surface area contributed by atoms with Crippen LogP contribution in [-0.4, -0.2) is 50.7 Å².